The van der Waals surface area contributed by atoms with Crippen molar-refractivity contribution in [2.75, 3.05) is 19.8 Å². The summed E-state index contributed by atoms with van der Waals surface area (Å²) in [6, 6.07) is 7.19. The van der Waals surface area contributed by atoms with Gasteiger partial charge in [-0.25, -0.2) is 14.2 Å². The Kier molecular flexibility index (Phi) is 5.16. The molecule has 0 saturated carbocycles. The summed E-state index contributed by atoms with van der Waals surface area (Å²) in [6.07, 6.45) is 3.77. The van der Waals surface area contributed by atoms with Gasteiger partial charge in [-0.3, -0.25) is 5.10 Å². The molecule has 1 unspecified atom stereocenters. The zero-order chi connectivity index (χ0) is 24.3. The molecule has 0 aliphatic carbocycles. The van der Waals surface area contributed by atoms with E-state index in [0.717, 1.165) is 46.2 Å². The highest BCUT2D eigenvalue weighted by Gasteiger charge is 2.46. The summed E-state index contributed by atoms with van der Waals surface area (Å²) in [6.45, 7) is 4.99. The number of carboxylic acids is 1. The Balaban J connectivity index is 1.67. The van der Waals surface area contributed by atoms with Crippen molar-refractivity contribution >= 4 is 28.0 Å². The van der Waals surface area contributed by atoms with Crippen LogP contribution in [0, 0.1) is 12.7 Å². The van der Waals surface area contributed by atoms with Crippen molar-refractivity contribution in [3.63, 3.8) is 0 Å². The topological polar surface area (TPSA) is 102 Å². The Morgan fingerprint density at radius 2 is 2.06 bits per heavy atom. The number of nitrogens with zero attached hydrogens (tertiary/aromatic N) is 3. The number of aromatic amines is 1. The number of fused-ring (bicyclic) bond motifs is 2. The predicted octanol–water partition coefficient (Wildman–Crippen LogP) is 4.59. The summed E-state index contributed by atoms with van der Waals surface area (Å²) in [7, 11) is 0. The standard InChI is InChI=1S/C26H27FN4O4/c1-14-9-18(3-4-19(14)27)31-20-10-16-12-28-30-24(16)29-22(20)21(23(31)15-5-7-34-8-6-15)17-11-26(2,25(32)33)35-13-17/h3-4,9-10,12,15,17H,5-8,11,13H2,1-2H3,(H,32,33)(H,28,29,30)/t17?,26-/m0/s1. The van der Waals surface area contributed by atoms with E-state index in [9.17, 15) is 14.3 Å². The fourth-order valence-electron chi connectivity index (χ4n) is 5.64. The smallest absolute Gasteiger partial charge is 0.335 e. The van der Waals surface area contributed by atoms with E-state index >= 15 is 0 Å². The van der Waals surface area contributed by atoms with Crippen molar-refractivity contribution in [1.82, 2.24) is 19.7 Å². The van der Waals surface area contributed by atoms with E-state index in [1.54, 1.807) is 26.1 Å². The van der Waals surface area contributed by atoms with Crippen LogP contribution in [-0.2, 0) is 14.3 Å². The van der Waals surface area contributed by atoms with Crippen molar-refractivity contribution in [3.8, 4) is 5.69 Å². The molecule has 2 aliphatic rings. The number of carbonyl (C=O) groups is 1. The summed E-state index contributed by atoms with van der Waals surface area (Å²) in [5.74, 6) is -1.18. The van der Waals surface area contributed by atoms with Gasteiger partial charge in [-0.15, -0.1) is 0 Å². The zero-order valence-corrected chi connectivity index (χ0v) is 19.7. The van der Waals surface area contributed by atoms with Crippen LogP contribution in [0.25, 0.3) is 27.8 Å². The molecule has 2 N–H and O–H groups in total. The Morgan fingerprint density at radius 3 is 2.77 bits per heavy atom. The molecule has 3 aromatic heterocycles. The fourth-order valence-corrected chi connectivity index (χ4v) is 5.64. The van der Waals surface area contributed by atoms with Crippen LogP contribution in [0.5, 0.6) is 0 Å². The molecule has 0 amide bonds. The van der Waals surface area contributed by atoms with E-state index < -0.39 is 11.6 Å². The average Bonchev–Trinajstić information content (AvgIpc) is 3.55. The van der Waals surface area contributed by atoms with Crippen molar-refractivity contribution in [1.29, 1.82) is 0 Å². The average molecular weight is 479 g/mol. The largest absolute Gasteiger partial charge is 0.479 e. The van der Waals surface area contributed by atoms with Gasteiger partial charge in [0.05, 0.1) is 23.8 Å². The van der Waals surface area contributed by atoms with Crippen molar-refractivity contribution in [2.45, 2.75) is 50.5 Å². The van der Waals surface area contributed by atoms with Gasteiger partial charge >= 0.3 is 5.97 Å². The Morgan fingerprint density at radius 1 is 1.26 bits per heavy atom. The molecule has 6 rings (SSSR count). The van der Waals surface area contributed by atoms with Crippen LogP contribution in [0.15, 0.2) is 30.5 Å². The van der Waals surface area contributed by atoms with Crippen molar-refractivity contribution < 1.29 is 23.8 Å². The maximum absolute atomic E-state index is 14.2. The number of halogens is 1. The maximum atomic E-state index is 14.2. The quantitative estimate of drug-likeness (QED) is 0.445. The van der Waals surface area contributed by atoms with Gasteiger partial charge in [0.1, 0.15) is 5.82 Å². The summed E-state index contributed by atoms with van der Waals surface area (Å²) < 4.78 is 27.9. The molecule has 2 fully saturated rings. The molecule has 182 valence electrons. The van der Waals surface area contributed by atoms with Crippen LogP contribution in [0.2, 0.25) is 0 Å². The second-order valence-electron chi connectivity index (χ2n) is 9.87. The molecule has 5 heterocycles. The van der Waals surface area contributed by atoms with Gasteiger partial charge in [0, 0.05) is 47.4 Å². The molecular weight excluding hydrogens is 451 g/mol. The van der Waals surface area contributed by atoms with E-state index in [-0.39, 0.29) is 17.7 Å². The summed E-state index contributed by atoms with van der Waals surface area (Å²) in [5.41, 5.74) is 4.62. The number of hydrogen-bond donors (Lipinski definition) is 2. The second kappa shape index (κ2) is 8.13. The number of benzene rings is 1. The van der Waals surface area contributed by atoms with Gasteiger partial charge in [-0.1, -0.05) is 0 Å². The summed E-state index contributed by atoms with van der Waals surface area (Å²) >= 11 is 0. The lowest BCUT2D eigenvalue weighted by Crippen LogP contribution is -2.34. The lowest BCUT2D eigenvalue weighted by Gasteiger charge is -2.27. The van der Waals surface area contributed by atoms with Crippen LogP contribution >= 0.6 is 0 Å². The summed E-state index contributed by atoms with van der Waals surface area (Å²) in [5, 5.41) is 17.8. The molecular formula is C26H27FN4O4. The van der Waals surface area contributed by atoms with Crippen molar-refractivity contribution in [3.05, 3.63) is 53.1 Å². The number of H-pyrrole nitrogens is 1. The monoisotopic (exact) mass is 478 g/mol. The SMILES string of the molecule is Cc1cc(-n2c(C3CCOCC3)c(C3CO[C@](C)(C(=O)O)C3)c3nc4[nH]ncc4cc32)ccc1F. The van der Waals surface area contributed by atoms with Gasteiger partial charge in [-0.05, 0) is 62.9 Å². The van der Waals surface area contributed by atoms with Gasteiger partial charge in [-0.2, -0.15) is 5.10 Å². The molecule has 8 nitrogen and oxygen atoms in total. The summed E-state index contributed by atoms with van der Waals surface area (Å²) in [4.78, 5) is 16.9. The van der Waals surface area contributed by atoms with Gasteiger partial charge in [0.2, 0.25) is 0 Å². The van der Waals surface area contributed by atoms with E-state index in [2.05, 4.69) is 20.8 Å². The van der Waals surface area contributed by atoms with E-state index in [1.165, 1.54) is 6.07 Å². The van der Waals surface area contributed by atoms with Gasteiger partial charge in [0.15, 0.2) is 11.2 Å². The fraction of sp³-hybridized carbons (Fsp3) is 0.423. The number of carboxylic acid groups (broad SMARTS) is 1. The molecule has 2 saturated heterocycles. The van der Waals surface area contributed by atoms with E-state index in [1.807, 2.05) is 6.07 Å². The molecule has 2 atom stereocenters. The predicted molar refractivity (Wildman–Crippen MR) is 128 cm³/mol. The number of ether oxygens (including phenoxy) is 2. The normalized spacial score (nSPS) is 23.5. The molecule has 0 spiro atoms. The third kappa shape index (κ3) is 3.52. The molecule has 2 aliphatic heterocycles. The van der Waals surface area contributed by atoms with Gasteiger partial charge in [0.25, 0.3) is 0 Å². The van der Waals surface area contributed by atoms with Crippen LogP contribution in [0.4, 0.5) is 4.39 Å². The number of aromatic nitrogens is 4. The minimum atomic E-state index is -1.25. The first-order valence-corrected chi connectivity index (χ1v) is 12.0. The number of pyridine rings is 1. The molecule has 35 heavy (non-hydrogen) atoms. The minimum Gasteiger partial charge on any atom is -0.479 e. The Labute approximate surface area is 201 Å². The number of nitrogens with one attached hydrogen (secondary N) is 1. The molecule has 0 radical (unpaired) electrons. The minimum absolute atomic E-state index is 0.146. The van der Waals surface area contributed by atoms with Crippen LogP contribution < -0.4 is 0 Å². The zero-order valence-electron chi connectivity index (χ0n) is 19.7. The third-order valence-corrected chi connectivity index (χ3v) is 7.53. The molecule has 0 bridgehead atoms. The first-order valence-electron chi connectivity index (χ1n) is 12.0. The van der Waals surface area contributed by atoms with Crippen LogP contribution in [-0.4, -0.2) is 56.2 Å². The van der Waals surface area contributed by atoms with Gasteiger partial charge < -0.3 is 19.1 Å². The first-order chi connectivity index (χ1) is 16.9. The second-order valence-corrected chi connectivity index (χ2v) is 9.87. The number of rotatable bonds is 4. The molecule has 1 aromatic carbocycles. The highest BCUT2D eigenvalue weighted by molar-refractivity contribution is 5.94. The number of hydrogen-bond acceptors (Lipinski definition) is 5. The number of aryl methyl sites for hydroxylation is 1. The first kappa shape index (κ1) is 22.2. The highest BCUT2D eigenvalue weighted by atomic mass is 19.1. The highest BCUT2D eigenvalue weighted by Crippen LogP contribution is 2.46. The maximum Gasteiger partial charge on any atom is 0.335 e. The Hall–Kier alpha value is -3.30. The third-order valence-electron chi connectivity index (χ3n) is 7.53. The molecule has 4 aromatic rings. The van der Waals surface area contributed by atoms with Crippen LogP contribution in [0.1, 0.15) is 54.8 Å². The van der Waals surface area contributed by atoms with Crippen molar-refractivity contribution in [2.24, 2.45) is 0 Å². The van der Waals surface area contributed by atoms with E-state index in [0.29, 0.717) is 37.5 Å². The Bertz CT molecular complexity index is 1450. The number of aliphatic carboxylic acids is 1. The molecule has 9 heteroatoms. The lowest BCUT2D eigenvalue weighted by molar-refractivity contribution is -0.157. The van der Waals surface area contributed by atoms with E-state index in [4.69, 9.17) is 14.5 Å². The van der Waals surface area contributed by atoms with Crippen LogP contribution in [0.3, 0.4) is 0 Å². The lowest BCUT2D eigenvalue weighted by atomic mass is 9.85.